The molecular weight excluding hydrogens is 140 g/mol. The van der Waals surface area contributed by atoms with Gasteiger partial charge < -0.3 is 10.8 Å². The first-order valence-corrected chi connectivity index (χ1v) is 4.36. The van der Waals surface area contributed by atoms with E-state index < -0.39 is 0 Å². The smallest absolute Gasteiger partial charge is 0.0789 e. The molecule has 0 radical (unpaired) electrons. The van der Waals surface area contributed by atoms with Gasteiger partial charge >= 0.3 is 0 Å². The third-order valence-electron chi connectivity index (χ3n) is 2.41. The molecule has 0 saturated carbocycles. The van der Waals surface area contributed by atoms with Crippen molar-refractivity contribution in [3.8, 4) is 0 Å². The monoisotopic (exact) mass is 158 g/mol. The molecule has 0 amide bonds. The fourth-order valence-corrected chi connectivity index (χ4v) is 1.61. The van der Waals surface area contributed by atoms with Gasteiger partial charge in [0.2, 0.25) is 0 Å². The van der Waals surface area contributed by atoms with Crippen molar-refractivity contribution in [2.75, 3.05) is 19.6 Å². The van der Waals surface area contributed by atoms with E-state index in [0.717, 1.165) is 13.1 Å². The average Bonchev–Trinajstić information content (AvgIpc) is 2.37. The largest absolute Gasteiger partial charge is 0.390 e. The zero-order valence-corrected chi connectivity index (χ0v) is 7.16. The molecule has 1 rings (SSSR count). The van der Waals surface area contributed by atoms with Crippen molar-refractivity contribution in [2.24, 2.45) is 5.73 Å². The Kier molecular flexibility index (Phi) is 3.30. The van der Waals surface area contributed by atoms with E-state index in [1.54, 1.807) is 0 Å². The van der Waals surface area contributed by atoms with Crippen molar-refractivity contribution in [1.29, 1.82) is 0 Å². The molecule has 1 unspecified atom stereocenters. The van der Waals surface area contributed by atoms with E-state index in [2.05, 4.69) is 11.8 Å². The fourth-order valence-electron chi connectivity index (χ4n) is 1.61. The zero-order valence-electron chi connectivity index (χ0n) is 7.16. The van der Waals surface area contributed by atoms with Crippen LogP contribution in [-0.4, -0.2) is 41.8 Å². The minimum atomic E-state index is -0.337. The topological polar surface area (TPSA) is 49.5 Å². The Bertz CT molecular complexity index is 119. The van der Waals surface area contributed by atoms with Gasteiger partial charge in [-0.2, -0.15) is 0 Å². The van der Waals surface area contributed by atoms with Gasteiger partial charge in [0, 0.05) is 19.1 Å². The van der Waals surface area contributed by atoms with Crippen LogP contribution in [0.1, 0.15) is 19.8 Å². The van der Waals surface area contributed by atoms with Crippen molar-refractivity contribution in [3.05, 3.63) is 0 Å². The molecule has 0 spiro atoms. The summed E-state index contributed by atoms with van der Waals surface area (Å²) in [5, 5.41) is 9.27. The highest BCUT2D eigenvalue weighted by Crippen LogP contribution is 2.15. The van der Waals surface area contributed by atoms with E-state index in [4.69, 9.17) is 5.73 Å². The number of rotatable bonds is 3. The molecule has 2 atom stereocenters. The lowest BCUT2D eigenvalue weighted by molar-refractivity contribution is 0.115. The Morgan fingerprint density at radius 2 is 2.45 bits per heavy atom. The first-order valence-electron chi connectivity index (χ1n) is 4.36. The summed E-state index contributed by atoms with van der Waals surface area (Å²) in [5.74, 6) is 0. The Labute approximate surface area is 68.2 Å². The van der Waals surface area contributed by atoms with Gasteiger partial charge in [0.05, 0.1) is 6.10 Å². The fraction of sp³-hybridized carbons (Fsp3) is 1.00. The maximum atomic E-state index is 9.27. The number of aliphatic hydroxyl groups is 1. The van der Waals surface area contributed by atoms with Crippen molar-refractivity contribution < 1.29 is 5.11 Å². The minimum Gasteiger partial charge on any atom is -0.390 e. The van der Waals surface area contributed by atoms with E-state index in [-0.39, 0.29) is 6.10 Å². The van der Waals surface area contributed by atoms with Crippen LogP contribution < -0.4 is 5.73 Å². The van der Waals surface area contributed by atoms with Gasteiger partial charge in [0.1, 0.15) is 0 Å². The minimum absolute atomic E-state index is 0.337. The standard InChI is InChI=1S/C8H18N2O/c1-7-3-2-4-10(7)6-8(11)5-9/h7-8,11H,2-6,9H2,1H3/t7?,8-/m0/s1. The van der Waals surface area contributed by atoms with Gasteiger partial charge in [-0.15, -0.1) is 0 Å². The van der Waals surface area contributed by atoms with Crippen molar-refractivity contribution >= 4 is 0 Å². The molecule has 1 saturated heterocycles. The lowest BCUT2D eigenvalue weighted by Gasteiger charge is -2.23. The molecule has 0 bridgehead atoms. The quantitative estimate of drug-likeness (QED) is 0.597. The van der Waals surface area contributed by atoms with E-state index in [9.17, 15) is 5.11 Å². The number of nitrogens with zero attached hydrogens (tertiary/aromatic N) is 1. The Hall–Kier alpha value is -0.120. The normalized spacial score (nSPS) is 29.2. The maximum Gasteiger partial charge on any atom is 0.0789 e. The van der Waals surface area contributed by atoms with E-state index in [1.165, 1.54) is 12.8 Å². The van der Waals surface area contributed by atoms with Crippen LogP contribution in [0.3, 0.4) is 0 Å². The Morgan fingerprint density at radius 1 is 1.73 bits per heavy atom. The van der Waals surface area contributed by atoms with Crippen LogP contribution in [0.2, 0.25) is 0 Å². The first kappa shape index (κ1) is 8.97. The van der Waals surface area contributed by atoms with Crippen LogP contribution in [-0.2, 0) is 0 Å². The van der Waals surface area contributed by atoms with Gasteiger partial charge in [-0.05, 0) is 26.3 Å². The molecule has 11 heavy (non-hydrogen) atoms. The molecule has 0 aromatic rings. The van der Waals surface area contributed by atoms with Gasteiger partial charge in [0.25, 0.3) is 0 Å². The Morgan fingerprint density at radius 3 is 2.91 bits per heavy atom. The molecule has 3 heteroatoms. The van der Waals surface area contributed by atoms with Crippen LogP contribution >= 0.6 is 0 Å². The lowest BCUT2D eigenvalue weighted by atomic mass is 10.2. The van der Waals surface area contributed by atoms with Gasteiger partial charge in [-0.3, -0.25) is 4.90 Å². The second-order valence-electron chi connectivity index (χ2n) is 3.38. The number of β-amino-alcohol motifs (C(OH)–C–C–N with tert-alkyl or cyclic N) is 1. The third-order valence-corrected chi connectivity index (χ3v) is 2.41. The summed E-state index contributed by atoms with van der Waals surface area (Å²) in [6, 6.07) is 0.635. The lowest BCUT2D eigenvalue weighted by Crippen LogP contribution is -2.38. The van der Waals surface area contributed by atoms with E-state index in [0.29, 0.717) is 12.6 Å². The summed E-state index contributed by atoms with van der Waals surface area (Å²) >= 11 is 0. The number of nitrogens with two attached hydrogens (primary N) is 1. The summed E-state index contributed by atoms with van der Waals surface area (Å²) in [6.45, 7) is 4.45. The van der Waals surface area contributed by atoms with Crippen LogP contribution in [0, 0.1) is 0 Å². The number of likely N-dealkylation sites (tertiary alicyclic amines) is 1. The highest BCUT2D eigenvalue weighted by molar-refractivity contribution is 4.77. The summed E-state index contributed by atoms with van der Waals surface area (Å²) in [6.07, 6.45) is 2.19. The van der Waals surface area contributed by atoms with E-state index >= 15 is 0 Å². The van der Waals surface area contributed by atoms with Gasteiger partial charge in [-0.1, -0.05) is 0 Å². The summed E-state index contributed by atoms with van der Waals surface area (Å²) in [5.41, 5.74) is 5.32. The molecule has 0 aromatic heterocycles. The van der Waals surface area contributed by atoms with Crippen LogP contribution in [0.4, 0.5) is 0 Å². The molecule has 3 nitrogen and oxygen atoms in total. The third kappa shape index (κ3) is 2.43. The van der Waals surface area contributed by atoms with Gasteiger partial charge in [-0.25, -0.2) is 0 Å². The molecule has 0 aromatic carbocycles. The number of hydrogen-bond acceptors (Lipinski definition) is 3. The molecule has 1 aliphatic rings. The molecular formula is C8H18N2O. The zero-order chi connectivity index (χ0) is 8.27. The van der Waals surface area contributed by atoms with Crippen molar-refractivity contribution in [2.45, 2.75) is 31.9 Å². The van der Waals surface area contributed by atoms with Crippen molar-refractivity contribution in [1.82, 2.24) is 4.90 Å². The molecule has 1 aliphatic heterocycles. The maximum absolute atomic E-state index is 9.27. The second kappa shape index (κ2) is 4.04. The summed E-state index contributed by atoms with van der Waals surface area (Å²) in [4.78, 5) is 2.30. The molecule has 66 valence electrons. The molecule has 1 fully saturated rings. The highest BCUT2D eigenvalue weighted by atomic mass is 16.3. The molecule has 1 heterocycles. The average molecular weight is 158 g/mol. The molecule has 3 N–H and O–H groups in total. The molecule has 0 aliphatic carbocycles. The van der Waals surface area contributed by atoms with Crippen LogP contribution in [0.25, 0.3) is 0 Å². The van der Waals surface area contributed by atoms with Crippen molar-refractivity contribution in [3.63, 3.8) is 0 Å². The van der Waals surface area contributed by atoms with Crippen LogP contribution in [0.15, 0.2) is 0 Å². The predicted octanol–water partition coefficient (Wildman–Crippen LogP) is -0.210. The predicted molar refractivity (Wildman–Crippen MR) is 45.3 cm³/mol. The first-order chi connectivity index (χ1) is 5.24. The van der Waals surface area contributed by atoms with Gasteiger partial charge in [0.15, 0.2) is 0 Å². The highest BCUT2D eigenvalue weighted by Gasteiger charge is 2.21. The Balaban J connectivity index is 2.24. The van der Waals surface area contributed by atoms with Crippen LogP contribution in [0.5, 0.6) is 0 Å². The second-order valence-corrected chi connectivity index (χ2v) is 3.38. The van der Waals surface area contributed by atoms with E-state index in [1.807, 2.05) is 0 Å². The summed E-state index contributed by atoms with van der Waals surface area (Å²) < 4.78 is 0. The number of hydrogen-bond donors (Lipinski definition) is 2. The summed E-state index contributed by atoms with van der Waals surface area (Å²) in [7, 11) is 0. The number of aliphatic hydroxyl groups excluding tert-OH is 1. The SMILES string of the molecule is CC1CCCN1C[C@@H](O)CN.